The van der Waals surface area contributed by atoms with Crippen LogP contribution in [0.2, 0.25) is 0 Å². The van der Waals surface area contributed by atoms with E-state index in [1.807, 2.05) is 6.07 Å². The van der Waals surface area contributed by atoms with Crippen molar-refractivity contribution >= 4 is 5.65 Å². The first kappa shape index (κ1) is 12.4. The van der Waals surface area contributed by atoms with Gasteiger partial charge in [0.05, 0.1) is 5.69 Å². The minimum absolute atomic E-state index is 0.688. The van der Waals surface area contributed by atoms with Gasteiger partial charge in [0.2, 0.25) is 0 Å². The quantitative estimate of drug-likeness (QED) is 0.902. The predicted molar refractivity (Wildman–Crippen MR) is 79.6 cm³/mol. The SMILES string of the molecule is c1ccn2cc(CN(CC3CCCN3)C3CC3)nc2c1. The number of aromatic nitrogens is 2. The fraction of sp³-hybridized carbons (Fsp3) is 0.562. The minimum atomic E-state index is 0.688. The van der Waals surface area contributed by atoms with Gasteiger partial charge in [0.25, 0.3) is 0 Å². The van der Waals surface area contributed by atoms with Gasteiger partial charge < -0.3 is 9.72 Å². The van der Waals surface area contributed by atoms with Crippen molar-refractivity contribution < 1.29 is 0 Å². The van der Waals surface area contributed by atoms with Gasteiger partial charge >= 0.3 is 0 Å². The summed E-state index contributed by atoms with van der Waals surface area (Å²) in [5.41, 5.74) is 2.25. The molecule has 0 radical (unpaired) electrons. The summed E-state index contributed by atoms with van der Waals surface area (Å²) in [7, 11) is 0. The van der Waals surface area contributed by atoms with Gasteiger partial charge in [0.1, 0.15) is 5.65 Å². The van der Waals surface area contributed by atoms with Gasteiger partial charge in [-0.25, -0.2) is 4.98 Å². The van der Waals surface area contributed by atoms with E-state index in [0.717, 1.165) is 18.2 Å². The van der Waals surface area contributed by atoms with E-state index in [9.17, 15) is 0 Å². The van der Waals surface area contributed by atoms with Gasteiger partial charge in [-0.05, 0) is 44.4 Å². The van der Waals surface area contributed by atoms with Crippen LogP contribution in [-0.4, -0.2) is 39.5 Å². The zero-order chi connectivity index (χ0) is 13.4. The average Bonchev–Trinajstić information content (AvgIpc) is 3.03. The number of rotatable bonds is 5. The van der Waals surface area contributed by atoms with E-state index >= 15 is 0 Å². The lowest BCUT2D eigenvalue weighted by Crippen LogP contribution is -2.38. The summed E-state index contributed by atoms with van der Waals surface area (Å²) in [6.45, 7) is 3.36. The smallest absolute Gasteiger partial charge is 0.137 e. The van der Waals surface area contributed by atoms with E-state index in [2.05, 4.69) is 39.1 Å². The molecule has 3 heterocycles. The van der Waals surface area contributed by atoms with Crippen LogP contribution in [0.5, 0.6) is 0 Å². The van der Waals surface area contributed by atoms with Gasteiger partial charge in [0, 0.05) is 37.6 Å². The van der Waals surface area contributed by atoms with Crippen molar-refractivity contribution in [2.75, 3.05) is 13.1 Å². The monoisotopic (exact) mass is 270 g/mol. The molecule has 0 spiro atoms. The molecule has 1 N–H and O–H groups in total. The predicted octanol–water partition coefficient (Wildman–Crippen LogP) is 2.05. The highest BCUT2D eigenvalue weighted by atomic mass is 15.2. The largest absolute Gasteiger partial charge is 0.313 e. The van der Waals surface area contributed by atoms with E-state index in [1.54, 1.807) is 0 Å². The first-order valence-electron chi connectivity index (χ1n) is 7.78. The number of hydrogen-bond acceptors (Lipinski definition) is 3. The van der Waals surface area contributed by atoms with E-state index < -0.39 is 0 Å². The number of fused-ring (bicyclic) bond motifs is 1. The Kier molecular flexibility index (Phi) is 3.20. The molecule has 1 saturated heterocycles. The van der Waals surface area contributed by atoms with Crippen LogP contribution in [0.1, 0.15) is 31.4 Å². The van der Waals surface area contributed by atoms with Crippen LogP contribution < -0.4 is 5.32 Å². The molecule has 1 aliphatic heterocycles. The Morgan fingerprint density at radius 2 is 2.25 bits per heavy atom. The minimum Gasteiger partial charge on any atom is -0.313 e. The third kappa shape index (κ3) is 2.58. The number of nitrogens with zero attached hydrogens (tertiary/aromatic N) is 3. The molecule has 0 aromatic carbocycles. The summed E-state index contributed by atoms with van der Waals surface area (Å²) in [5, 5.41) is 3.61. The fourth-order valence-corrected chi connectivity index (χ4v) is 3.25. The Labute approximate surface area is 119 Å². The second-order valence-corrected chi connectivity index (χ2v) is 6.15. The number of hydrogen-bond donors (Lipinski definition) is 1. The van der Waals surface area contributed by atoms with Crippen LogP contribution in [0.3, 0.4) is 0 Å². The maximum atomic E-state index is 4.74. The van der Waals surface area contributed by atoms with Crippen molar-refractivity contribution in [3.8, 4) is 0 Å². The summed E-state index contributed by atoms with van der Waals surface area (Å²) in [6.07, 6.45) is 9.63. The highest BCUT2D eigenvalue weighted by Gasteiger charge is 2.31. The highest BCUT2D eigenvalue weighted by Crippen LogP contribution is 2.29. The molecule has 1 saturated carbocycles. The molecule has 1 unspecified atom stereocenters. The average molecular weight is 270 g/mol. The molecule has 1 aliphatic carbocycles. The normalized spacial score (nSPS) is 22.9. The number of pyridine rings is 1. The van der Waals surface area contributed by atoms with E-state index in [1.165, 1.54) is 44.5 Å². The summed E-state index contributed by atoms with van der Waals surface area (Å²) >= 11 is 0. The van der Waals surface area contributed by atoms with E-state index in [-0.39, 0.29) is 0 Å². The van der Waals surface area contributed by atoms with Crippen LogP contribution in [0.4, 0.5) is 0 Å². The molecule has 2 fully saturated rings. The first-order chi connectivity index (χ1) is 9.88. The van der Waals surface area contributed by atoms with Crippen molar-refractivity contribution in [2.24, 2.45) is 0 Å². The van der Waals surface area contributed by atoms with Crippen molar-refractivity contribution in [1.82, 2.24) is 19.6 Å². The Balaban J connectivity index is 1.49. The summed E-state index contributed by atoms with van der Waals surface area (Å²) < 4.78 is 2.12. The Morgan fingerprint density at radius 1 is 1.30 bits per heavy atom. The molecule has 106 valence electrons. The fourth-order valence-electron chi connectivity index (χ4n) is 3.25. The molecule has 0 amide bonds. The van der Waals surface area contributed by atoms with Gasteiger partial charge in [-0.15, -0.1) is 0 Å². The first-order valence-corrected chi connectivity index (χ1v) is 7.78. The molecule has 2 aromatic heterocycles. The van der Waals surface area contributed by atoms with Crippen molar-refractivity contribution in [3.05, 3.63) is 36.3 Å². The summed E-state index contributed by atoms with van der Waals surface area (Å²) in [5.74, 6) is 0. The molecular formula is C16H22N4. The van der Waals surface area contributed by atoms with Crippen molar-refractivity contribution in [2.45, 2.75) is 44.3 Å². The van der Waals surface area contributed by atoms with Crippen LogP contribution >= 0.6 is 0 Å². The Morgan fingerprint density at radius 3 is 3.00 bits per heavy atom. The molecule has 20 heavy (non-hydrogen) atoms. The van der Waals surface area contributed by atoms with Gasteiger partial charge in [-0.3, -0.25) is 4.90 Å². The Bertz CT molecular complexity index is 548. The van der Waals surface area contributed by atoms with Crippen molar-refractivity contribution in [3.63, 3.8) is 0 Å². The third-order valence-electron chi connectivity index (χ3n) is 4.46. The standard InChI is InChI=1S/C16H22N4/c1-2-9-19-11-14(18-16(19)5-1)12-20(15-6-7-15)10-13-4-3-8-17-13/h1-2,5,9,11,13,15,17H,3-4,6-8,10,12H2. The number of nitrogens with one attached hydrogen (secondary N) is 1. The van der Waals surface area contributed by atoms with E-state index in [4.69, 9.17) is 4.98 Å². The van der Waals surface area contributed by atoms with Gasteiger partial charge in [-0.2, -0.15) is 0 Å². The molecule has 2 aromatic rings. The van der Waals surface area contributed by atoms with Gasteiger partial charge in [0.15, 0.2) is 0 Å². The van der Waals surface area contributed by atoms with Crippen LogP contribution in [0, 0.1) is 0 Å². The summed E-state index contributed by atoms with van der Waals surface area (Å²) in [4.78, 5) is 7.37. The third-order valence-corrected chi connectivity index (χ3v) is 4.46. The maximum absolute atomic E-state index is 4.74. The summed E-state index contributed by atoms with van der Waals surface area (Å²) in [6, 6.07) is 7.66. The number of imidazole rings is 1. The van der Waals surface area contributed by atoms with E-state index in [0.29, 0.717) is 6.04 Å². The molecule has 4 rings (SSSR count). The molecule has 4 heteroatoms. The zero-order valence-electron chi connectivity index (χ0n) is 11.8. The van der Waals surface area contributed by atoms with Gasteiger partial charge in [-0.1, -0.05) is 6.07 Å². The lowest BCUT2D eigenvalue weighted by molar-refractivity contribution is 0.229. The highest BCUT2D eigenvalue weighted by molar-refractivity contribution is 5.39. The Hall–Kier alpha value is -1.39. The lowest BCUT2D eigenvalue weighted by Gasteiger charge is -2.24. The zero-order valence-corrected chi connectivity index (χ0v) is 11.8. The molecule has 0 bridgehead atoms. The van der Waals surface area contributed by atoms with Crippen molar-refractivity contribution in [1.29, 1.82) is 0 Å². The topological polar surface area (TPSA) is 32.6 Å². The second-order valence-electron chi connectivity index (χ2n) is 6.15. The molecule has 1 atom stereocenters. The molecule has 2 aliphatic rings. The molecular weight excluding hydrogens is 248 g/mol. The molecule has 4 nitrogen and oxygen atoms in total. The lowest BCUT2D eigenvalue weighted by atomic mass is 10.2. The van der Waals surface area contributed by atoms with Crippen LogP contribution in [0.25, 0.3) is 5.65 Å². The van der Waals surface area contributed by atoms with Crippen LogP contribution in [0.15, 0.2) is 30.6 Å². The second kappa shape index (κ2) is 5.19. The maximum Gasteiger partial charge on any atom is 0.137 e. The van der Waals surface area contributed by atoms with Crippen LogP contribution in [-0.2, 0) is 6.54 Å².